The first kappa shape index (κ1) is 14.9. The van der Waals surface area contributed by atoms with Gasteiger partial charge in [-0.1, -0.05) is 0 Å². The molecule has 0 amide bonds. The maximum atomic E-state index is 5.51. The highest BCUT2D eigenvalue weighted by Gasteiger charge is 2.23. The maximum absolute atomic E-state index is 5.51. The third-order valence-corrected chi connectivity index (χ3v) is 2.49. The van der Waals surface area contributed by atoms with Crippen LogP contribution in [0.15, 0.2) is 0 Å². The number of rotatable bonds is 8. The zero-order valence-corrected chi connectivity index (χ0v) is 11.1. The molecule has 92 valence electrons. The van der Waals surface area contributed by atoms with Crippen LogP contribution in [0.4, 0.5) is 0 Å². The molecule has 0 heterocycles. The molecule has 15 heavy (non-hydrogen) atoms. The molecule has 1 unspecified atom stereocenters. The van der Waals surface area contributed by atoms with Crippen molar-refractivity contribution >= 4 is 0 Å². The molecule has 0 saturated heterocycles. The van der Waals surface area contributed by atoms with Crippen molar-refractivity contribution in [2.75, 3.05) is 26.9 Å². The van der Waals surface area contributed by atoms with Gasteiger partial charge in [-0.2, -0.15) is 0 Å². The van der Waals surface area contributed by atoms with Crippen LogP contribution in [0.1, 0.15) is 34.6 Å². The van der Waals surface area contributed by atoms with Gasteiger partial charge < -0.3 is 9.47 Å². The van der Waals surface area contributed by atoms with Crippen LogP contribution in [0, 0.1) is 0 Å². The Bertz CT molecular complexity index is 141. The average Bonchev–Trinajstić information content (AvgIpc) is 2.13. The third kappa shape index (κ3) is 5.50. The summed E-state index contributed by atoms with van der Waals surface area (Å²) in [5.74, 6) is 0. The van der Waals surface area contributed by atoms with Gasteiger partial charge in [0.2, 0.25) is 0 Å². The van der Waals surface area contributed by atoms with E-state index in [2.05, 4.69) is 32.6 Å². The Kier molecular flexibility index (Phi) is 8.02. The summed E-state index contributed by atoms with van der Waals surface area (Å²) >= 11 is 0. The molecular weight excluding hydrogens is 190 g/mol. The lowest BCUT2D eigenvalue weighted by atomic mass is 10.1. The van der Waals surface area contributed by atoms with Crippen molar-refractivity contribution in [3.05, 3.63) is 0 Å². The minimum absolute atomic E-state index is 0.356. The molecule has 0 fully saturated rings. The van der Waals surface area contributed by atoms with E-state index in [1.54, 1.807) is 7.11 Å². The summed E-state index contributed by atoms with van der Waals surface area (Å²) in [5.41, 5.74) is 0. The van der Waals surface area contributed by atoms with Gasteiger partial charge in [0.05, 0.1) is 19.3 Å². The number of ether oxygens (including phenoxy) is 2. The van der Waals surface area contributed by atoms with Gasteiger partial charge in [-0.15, -0.1) is 0 Å². The fourth-order valence-corrected chi connectivity index (χ4v) is 2.11. The van der Waals surface area contributed by atoms with Crippen LogP contribution in [0.5, 0.6) is 0 Å². The lowest BCUT2D eigenvalue weighted by molar-refractivity contribution is -0.00578. The van der Waals surface area contributed by atoms with Crippen molar-refractivity contribution in [3.63, 3.8) is 0 Å². The summed E-state index contributed by atoms with van der Waals surface area (Å²) in [4.78, 5) is 2.44. The molecule has 0 aromatic carbocycles. The van der Waals surface area contributed by atoms with E-state index in [0.29, 0.717) is 18.1 Å². The van der Waals surface area contributed by atoms with Gasteiger partial charge in [0.1, 0.15) is 0 Å². The second-order valence-electron chi connectivity index (χ2n) is 4.40. The molecule has 0 aliphatic heterocycles. The van der Waals surface area contributed by atoms with Crippen LogP contribution in [-0.2, 0) is 9.47 Å². The van der Waals surface area contributed by atoms with E-state index < -0.39 is 0 Å². The van der Waals surface area contributed by atoms with Gasteiger partial charge in [-0.25, -0.2) is 0 Å². The second-order valence-corrected chi connectivity index (χ2v) is 4.40. The summed E-state index contributed by atoms with van der Waals surface area (Å²) in [7, 11) is 1.75. The van der Waals surface area contributed by atoms with Crippen molar-refractivity contribution in [1.82, 2.24) is 4.90 Å². The molecule has 3 heteroatoms. The van der Waals surface area contributed by atoms with Crippen molar-refractivity contribution in [2.24, 2.45) is 0 Å². The summed E-state index contributed by atoms with van der Waals surface area (Å²) < 4.78 is 10.8. The number of methoxy groups -OCH3 is 1. The van der Waals surface area contributed by atoms with E-state index in [0.717, 1.165) is 19.8 Å². The normalized spacial score (nSPS) is 14.2. The number of nitrogens with zero attached hydrogens (tertiary/aromatic N) is 1. The van der Waals surface area contributed by atoms with Crippen molar-refractivity contribution in [3.8, 4) is 0 Å². The Morgan fingerprint density at radius 1 is 1.00 bits per heavy atom. The van der Waals surface area contributed by atoms with E-state index in [1.807, 2.05) is 6.92 Å². The van der Waals surface area contributed by atoms with Crippen LogP contribution in [0.3, 0.4) is 0 Å². The third-order valence-electron chi connectivity index (χ3n) is 2.49. The van der Waals surface area contributed by atoms with E-state index in [4.69, 9.17) is 9.47 Å². The van der Waals surface area contributed by atoms with Gasteiger partial charge in [0, 0.05) is 25.8 Å². The van der Waals surface area contributed by atoms with Gasteiger partial charge in [-0.3, -0.25) is 4.90 Å². The molecule has 0 aliphatic carbocycles. The second kappa shape index (κ2) is 8.08. The lowest BCUT2D eigenvalue weighted by Gasteiger charge is -2.37. The quantitative estimate of drug-likeness (QED) is 0.622. The van der Waals surface area contributed by atoms with E-state index in [9.17, 15) is 0 Å². The molecule has 0 rings (SSSR count). The number of hydrogen-bond donors (Lipinski definition) is 0. The van der Waals surface area contributed by atoms with E-state index >= 15 is 0 Å². The first-order chi connectivity index (χ1) is 7.04. The molecular formula is C12H27NO2. The zero-order chi connectivity index (χ0) is 11.8. The van der Waals surface area contributed by atoms with Gasteiger partial charge in [0.15, 0.2) is 0 Å². The minimum atomic E-state index is 0.356. The monoisotopic (exact) mass is 217 g/mol. The van der Waals surface area contributed by atoms with Crippen molar-refractivity contribution in [1.29, 1.82) is 0 Å². The largest absolute Gasteiger partial charge is 0.383 e. The lowest BCUT2D eigenvalue weighted by Crippen LogP contribution is -2.49. The first-order valence-electron chi connectivity index (χ1n) is 5.88. The van der Waals surface area contributed by atoms with Crippen LogP contribution >= 0.6 is 0 Å². The SMILES string of the molecule is CCOCC(COC)N(C(C)C)C(C)C. The maximum Gasteiger partial charge on any atom is 0.0644 e. The van der Waals surface area contributed by atoms with Crippen LogP contribution in [0.2, 0.25) is 0 Å². The minimum Gasteiger partial charge on any atom is -0.383 e. The molecule has 0 aromatic heterocycles. The standard InChI is InChI=1S/C12H27NO2/c1-7-15-9-12(8-14-6)13(10(2)3)11(4)5/h10-12H,7-9H2,1-6H3. The molecule has 0 N–H and O–H groups in total. The molecule has 0 saturated carbocycles. The van der Waals surface area contributed by atoms with Crippen LogP contribution in [0.25, 0.3) is 0 Å². The van der Waals surface area contributed by atoms with E-state index in [1.165, 1.54) is 0 Å². The summed E-state index contributed by atoms with van der Waals surface area (Å²) in [6, 6.07) is 1.39. The zero-order valence-electron chi connectivity index (χ0n) is 11.1. The Balaban J connectivity index is 4.37. The van der Waals surface area contributed by atoms with E-state index in [-0.39, 0.29) is 0 Å². The van der Waals surface area contributed by atoms with Crippen molar-refractivity contribution < 1.29 is 9.47 Å². The highest BCUT2D eigenvalue weighted by Crippen LogP contribution is 2.11. The Labute approximate surface area is 94.7 Å². The molecule has 3 nitrogen and oxygen atoms in total. The fraction of sp³-hybridized carbons (Fsp3) is 1.00. The Morgan fingerprint density at radius 2 is 1.53 bits per heavy atom. The van der Waals surface area contributed by atoms with Gasteiger partial charge >= 0.3 is 0 Å². The van der Waals surface area contributed by atoms with Crippen molar-refractivity contribution in [2.45, 2.75) is 52.7 Å². The Hall–Kier alpha value is -0.120. The predicted octanol–water partition coefficient (Wildman–Crippen LogP) is 2.16. The summed E-state index contributed by atoms with van der Waals surface area (Å²) in [6.45, 7) is 13.1. The smallest absolute Gasteiger partial charge is 0.0644 e. The topological polar surface area (TPSA) is 21.7 Å². The summed E-state index contributed by atoms with van der Waals surface area (Å²) in [5, 5.41) is 0. The van der Waals surface area contributed by atoms with Crippen LogP contribution < -0.4 is 0 Å². The molecule has 0 aliphatic rings. The molecule has 0 bridgehead atoms. The first-order valence-corrected chi connectivity index (χ1v) is 5.88. The summed E-state index contributed by atoms with van der Waals surface area (Å²) in [6.07, 6.45) is 0. The molecule has 0 aromatic rings. The predicted molar refractivity (Wildman–Crippen MR) is 64.3 cm³/mol. The number of hydrogen-bond acceptors (Lipinski definition) is 3. The van der Waals surface area contributed by atoms with Gasteiger partial charge in [0.25, 0.3) is 0 Å². The molecule has 0 spiro atoms. The highest BCUT2D eigenvalue weighted by atomic mass is 16.5. The molecule has 0 radical (unpaired) electrons. The van der Waals surface area contributed by atoms with Gasteiger partial charge in [-0.05, 0) is 34.6 Å². The average molecular weight is 217 g/mol. The fourth-order valence-electron chi connectivity index (χ4n) is 2.11. The molecule has 1 atom stereocenters. The highest BCUT2D eigenvalue weighted by molar-refractivity contribution is 4.77. The Morgan fingerprint density at radius 3 is 1.87 bits per heavy atom. The van der Waals surface area contributed by atoms with Crippen LogP contribution in [-0.4, -0.2) is 50.0 Å².